The standard InChI is InChI=1S/C10H12O/c1-2-4-5-3(1)6-8(5)7(4)10-9(6)11-10/h3-10H,1-2H2. The number of fused-ring (bicyclic) bond motifs is 5. The van der Waals surface area contributed by atoms with Crippen molar-refractivity contribution in [2.75, 3.05) is 0 Å². The van der Waals surface area contributed by atoms with Gasteiger partial charge in [0.25, 0.3) is 0 Å². The predicted octanol–water partition coefficient (Wildman–Crippen LogP) is 1.29. The number of rotatable bonds is 0. The fourth-order valence-corrected chi connectivity index (χ4v) is 5.29. The van der Waals surface area contributed by atoms with Gasteiger partial charge in [-0.25, -0.2) is 0 Å². The quantitative estimate of drug-likeness (QED) is 0.471. The van der Waals surface area contributed by atoms with Crippen molar-refractivity contribution >= 4 is 0 Å². The lowest BCUT2D eigenvalue weighted by Gasteiger charge is -2.60. The molecule has 4 aliphatic carbocycles. The fraction of sp³-hybridized carbons (Fsp3) is 1.00. The van der Waals surface area contributed by atoms with Crippen LogP contribution >= 0.6 is 0 Å². The summed E-state index contributed by atoms with van der Waals surface area (Å²) in [7, 11) is 0. The molecule has 11 heavy (non-hydrogen) atoms. The molecule has 1 nitrogen and oxygen atoms in total. The van der Waals surface area contributed by atoms with E-state index in [1.807, 2.05) is 0 Å². The molecule has 58 valence electrons. The molecule has 0 aromatic rings. The summed E-state index contributed by atoms with van der Waals surface area (Å²) >= 11 is 0. The molecule has 0 radical (unpaired) electrons. The van der Waals surface area contributed by atoms with E-state index in [-0.39, 0.29) is 0 Å². The molecule has 0 N–H and O–H groups in total. The molecule has 0 aromatic heterocycles. The van der Waals surface area contributed by atoms with Gasteiger partial charge >= 0.3 is 0 Å². The van der Waals surface area contributed by atoms with Crippen molar-refractivity contribution in [1.82, 2.24) is 0 Å². The molecule has 1 aliphatic heterocycles. The van der Waals surface area contributed by atoms with Crippen LogP contribution in [0.15, 0.2) is 0 Å². The maximum atomic E-state index is 5.72. The van der Waals surface area contributed by atoms with Crippen molar-refractivity contribution in [3.63, 3.8) is 0 Å². The van der Waals surface area contributed by atoms with Gasteiger partial charge in [-0.3, -0.25) is 0 Å². The summed E-state index contributed by atoms with van der Waals surface area (Å²) in [5.41, 5.74) is 0. The van der Waals surface area contributed by atoms with E-state index in [1.165, 1.54) is 11.8 Å². The van der Waals surface area contributed by atoms with E-state index in [0.29, 0.717) is 0 Å². The van der Waals surface area contributed by atoms with Gasteiger partial charge < -0.3 is 4.74 Å². The van der Waals surface area contributed by atoms with Crippen LogP contribution in [0.3, 0.4) is 0 Å². The summed E-state index contributed by atoms with van der Waals surface area (Å²) in [6.07, 6.45) is 4.66. The summed E-state index contributed by atoms with van der Waals surface area (Å²) in [5, 5.41) is 0. The van der Waals surface area contributed by atoms with E-state index in [4.69, 9.17) is 4.74 Å². The second-order valence-electron chi connectivity index (χ2n) is 5.28. The lowest BCUT2D eigenvalue weighted by molar-refractivity contribution is -0.168. The van der Waals surface area contributed by atoms with Crippen LogP contribution in [0.1, 0.15) is 12.8 Å². The Morgan fingerprint density at radius 3 is 2.00 bits per heavy atom. The smallest absolute Gasteiger partial charge is 0.0878 e. The third kappa shape index (κ3) is 0.286. The fourth-order valence-electron chi connectivity index (χ4n) is 5.29. The van der Waals surface area contributed by atoms with Crippen molar-refractivity contribution in [3.8, 4) is 0 Å². The van der Waals surface area contributed by atoms with Gasteiger partial charge in [0.15, 0.2) is 0 Å². The van der Waals surface area contributed by atoms with E-state index < -0.39 is 0 Å². The molecule has 1 heterocycles. The normalized spacial score (nSPS) is 85.1. The van der Waals surface area contributed by atoms with Crippen LogP contribution < -0.4 is 0 Å². The zero-order chi connectivity index (χ0) is 6.74. The summed E-state index contributed by atoms with van der Waals surface area (Å²) < 4.78 is 5.72. The van der Waals surface area contributed by atoms with Crippen molar-refractivity contribution in [1.29, 1.82) is 0 Å². The van der Waals surface area contributed by atoms with Crippen LogP contribution in [-0.4, -0.2) is 12.2 Å². The zero-order valence-corrected chi connectivity index (χ0v) is 6.44. The van der Waals surface area contributed by atoms with E-state index in [0.717, 1.165) is 35.9 Å². The molecule has 0 bridgehead atoms. The van der Waals surface area contributed by atoms with Gasteiger partial charge in [0, 0.05) is 0 Å². The van der Waals surface area contributed by atoms with Crippen LogP contribution in [0.2, 0.25) is 0 Å². The van der Waals surface area contributed by atoms with Crippen LogP contribution in [0, 0.1) is 35.5 Å². The van der Waals surface area contributed by atoms with Crippen LogP contribution in [0.5, 0.6) is 0 Å². The Morgan fingerprint density at radius 1 is 0.727 bits per heavy atom. The van der Waals surface area contributed by atoms with Gasteiger partial charge in [-0.15, -0.1) is 0 Å². The Bertz CT molecular complexity index is 227. The Balaban J connectivity index is 1.77. The van der Waals surface area contributed by atoms with E-state index >= 15 is 0 Å². The Hall–Kier alpha value is -0.0400. The van der Waals surface area contributed by atoms with Gasteiger partial charge in [-0.1, -0.05) is 0 Å². The lowest BCUT2D eigenvalue weighted by Crippen LogP contribution is -2.59. The van der Waals surface area contributed by atoms with Gasteiger partial charge in [0.1, 0.15) is 0 Å². The van der Waals surface area contributed by atoms with Crippen LogP contribution in [0.25, 0.3) is 0 Å². The highest BCUT2D eigenvalue weighted by molar-refractivity contribution is 5.29. The molecule has 0 aromatic carbocycles. The highest BCUT2D eigenvalue weighted by Gasteiger charge is 2.82. The largest absolute Gasteiger partial charge is 0.369 e. The minimum atomic E-state index is 0.775. The predicted molar refractivity (Wildman–Crippen MR) is 38.8 cm³/mol. The molecule has 0 spiro atoms. The van der Waals surface area contributed by atoms with Crippen molar-refractivity contribution < 1.29 is 4.74 Å². The summed E-state index contributed by atoms with van der Waals surface area (Å²) in [4.78, 5) is 0. The second-order valence-corrected chi connectivity index (χ2v) is 5.28. The van der Waals surface area contributed by atoms with Gasteiger partial charge in [0.05, 0.1) is 12.2 Å². The molecule has 0 amide bonds. The Labute approximate surface area is 66.1 Å². The van der Waals surface area contributed by atoms with Crippen LogP contribution in [0.4, 0.5) is 0 Å². The average molecular weight is 148 g/mol. The third-order valence-electron chi connectivity index (χ3n) is 5.46. The molecular weight excluding hydrogens is 136 g/mol. The molecule has 5 fully saturated rings. The molecule has 5 rings (SSSR count). The molecular formula is C10H12O. The van der Waals surface area contributed by atoms with E-state index in [9.17, 15) is 0 Å². The molecule has 1 saturated heterocycles. The first-order valence-electron chi connectivity index (χ1n) is 5.12. The Kier molecular flexibility index (Phi) is 0.486. The number of hydrogen-bond donors (Lipinski definition) is 0. The average Bonchev–Trinajstić information content (AvgIpc) is 2.54. The highest BCUT2D eigenvalue weighted by Crippen LogP contribution is 2.81. The third-order valence-corrected chi connectivity index (χ3v) is 5.46. The molecule has 6 atom stereocenters. The molecule has 6 unspecified atom stereocenters. The second kappa shape index (κ2) is 1.10. The maximum Gasteiger partial charge on any atom is 0.0878 e. The topological polar surface area (TPSA) is 12.5 Å². The first kappa shape index (κ1) is 4.86. The van der Waals surface area contributed by atoms with Gasteiger partial charge in [-0.2, -0.15) is 0 Å². The monoisotopic (exact) mass is 148 g/mol. The SMILES string of the molecule is C1CC2C3C1C1C4OC4C2C31. The Morgan fingerprint density at radius 2 is 1.36 bits per heavy atom. The molecule has 4 saturated carbocycles. The summed E-state index contributed by atoms with van der Waals surface area (Å²) in [5.74, 6) is 6.79. The number of hydrogen-bond acceptors (Lipinski definition) is 1. The van der Waals surface area contributed by atoms with Crippen molar-refractivity contribution in [2.24, 2.45) is 35.5 Å². The first-order chi connectivity index (χ1) is 5.47. The van der Waals surface area contributed by atoms with Crippen LogP contribution in [-0.2, 0) is 4.74 Å². The maximum absolute atomic E-state index is 5.72. The van der Waals surface area contributed by atoms with Gasteiger partial charge in [0.2, 0.25) is 0 Å². The van der Waals surface area contributed by atoms with Gasteiger partial charge in [-0.05, 0) is 48.3 Å². The first-order valence-corrected chi connectivity index (χ1v) is 5.12. The minimum Gasteiger partial charge on any atom is -0.369 e. The minimum absolute atomic E-state index is 0.775. The highest BCUT2D eigenvalue weighted by atomic mass is 16.6. The molecule has 5 aliphatic rings. The number of epoxide rings is 1. The van der Waals surface area contributed by atoms with E-state index in [2.05, 4.69) is 0 Å². The van der Waals surface area contributed by atoms with Crippen molar-refractivity contribution in [3.05, 3.63) is 0 Å². The summed E-state index contributed by atoms with van der Waals surface area (Å²) in [6.45, 7) is 0. The molecule has 1 heteroatoms. The number of ether oxygens (including phenoxy) is 1. The zero-order valence-electron chi connectivity index (χ0n) is 6.44. The van der Waals surface area contributed by atoms with Crippen molar-refractivity contribution in [2.45, 2.75) is 25.0 Å². The lowest BCUT2D eigenvalue weighted by atomic mass is 9.44. The van der Waals surface area contributed by atoms with E-state index in [1.54, 1.807) is 12.8 Å². The summed E-state index contributed by atoms with van der Waals surface area (Å²) in [6, 6.07) is 0.